The molecule has 0 unspecified atom stereocenters. The van der Waals surface area contributed by atoms with Crippen LogP contribution in [-0.4, -0.2) is 81.8 Å². The molecule has 2 N–H and O–H groups in total. The van der Waals surface area contributed by atoms with Crippen LogP contribution >= 0.6 is 7.92 Å². The van der Waals surface area contributed by atoms with Gasteiger partial charge >= 0.3 is 6.18 Å². The molecule has 1 fully saturated rings. The summed E-state index contributed by atoms with van der Waals surface area (Å²) in [6.07, 6.45) is -1.38. The van der Waals surface area contributed by atoms with Crippen LogP contribution in [0.2, 0.25) is 0 Å². The van der Waals surface area contributed by atoms with Crippen LogP contribution < -0.4 is 20.7 Å². The number of amides is 3. The van der Waals surface area contributed by atoms with Crippen LogP contribution in [0.1, 0.15) is 21.6 Å². The minimum atomic E-state index is -5.01. The van der Waals surface area contributed by atoms with Crippen LogP contribution in [0.3, 0.4) is 0 Å². The number of benzene rings is 3. The third kappa shape index (κ3) is 9.03. The quantitative estimate of drug-likeness (QED) is 0.0831. The second kappa shape index (κ2) is 16.7. The Hall–Kier alpha value is -6.15. The zero-order chi connectivity index (χ0) is 40.1. The van der Waals surface area contributed by atoms with E-state index in [1.165, 1.54) is 24.4 Å². The van der Waals surface area contributed by atoms with E-state index in [9.17, 15) is 31.9 Å². The number of halogens is 5. The van der Waals surface area contributed by atoms with Crippen LogP contribution in [-0.2, 0) is 22.2 Å². The van der Waals surface area contributed by atoms with E-state index < -0.39 is 42.9 Å². The summed E-state index contributed by atoms with van der Waals surface area (Å²) in [6, 6.07) is 16.4. The molecule has 3 amide bonds. The minimum Gasteiger partial charge on any atom is -0.453 e. The summed E-state index contributed by atoms with van der Waals surface area (Å²) in [6.45, 7) is 9.17. The largest absolute Gasteiger partial charge is 0.453 e. The second-order valence-corrected chi connectivity index (χ2v) is 15.0. The van der Waals surface area contributed by atoms with E-state index in [0.29, 0.717) is 53.4 Å². The Balaban J connectivity index is 1.15. The van der Waals surface area contributed by atoms with E-state index in [1.54, 1.807) is 15.9 Å². The number of hydrogen-bond acceptors (Lipinski definition) is 7. The predicted octanol–water partition coefficient (Wildman–Crippen LogP) is 7.12. The zero-order valence-corrected chi connectivity index (χ0v) is 31.0. The molecule has 1 saturated heterocycles. The zero-order valence-electron chi connectivity index (χ0n) is 30.1. The van der Waals surface area contributed by atoms with Gasteiger partial charge in [-0.25, -0.2) is 18.4 Å². The molecule has 0 saturated carbocycles. The third-order valence-electron chi connectivity index (χ3n) is 8.76. The van der Waals surface area contributed by atoms with Gasteiger partial charge in [0.1, 0.15) is 17.4 Å². The lowest BCUT2D eigenvalue weighted by Crippen LogP contribution is -2.50. The van der Waals surface area contributed by atoms with Crippen molar-refractivity contribution in [3.63, 3.8) is 0 Å². The summed E-state index contributed by atoms with van der Waals surface area (Å²) in [7, 11) is -0.895. The van der Waals surface area contributed by atoms with Crippen molar-refractivity contribution in [1.29, 1.82) is 0 Å². The summed E-state index contributed by atoms with van der Waals surface area (Å²) < 4.78 is 77.7. The van der Waals surface area contributed by atoms with Crippen molar-refractivity contribution in [1.82, 2.24) is 24.6 Å². The van der Waals surface area contributed by atoms with Gasteiger partial charge < -0.3 is 25.2 Å². The van der Waals surface area contributed by atoms with Crippen molar-refractivity contribution < 1.29 is 41.1 Å². The number of ether oxygens (including phenoxy) is 1. The molecule has 5 aromatic rings. The molecule has 17 heteroatoms. The van der Waals surface area contributed by atoms with E-state index >= 15 is 4.39 Å². The second-order valence-electron chi connectivity index (χ2n) is 12.8. The predicted molar refractivity (Wildman–Crippen MR) is 202 cm³/mol. The van der Waals surface area contributed by atoms with Crippen LogP contribution in [0.15, 0.2) is 97.8 Å². The van der Waals surface area contributed by atoms with Gasteiger partial charge in [0.2, 0.25) is 11.8 Å². The van der Waals surface area contributed by atoms with Gasteiger partial charge in [0.25, 0.3) is 5.91 Å². The Morgan fingerprint density at radius 1 is 0.911 bits per heavy atom. The fourth-order valence-corrected chi connectivity index (χ4v) is 7.17. The molecule has 1 aliphatic heterocycles. The third-order valence-corrected chi connectivity index (χ3v) is 10.1. The first-order valence-corrected chi connectivity index (χ1v) is 19.4. The standard InChI is InChI=1S/C39H35F5N7O4P/c1-4-33(52)49-16-18-50(19-17-49)34(53)21-24-6-5-7-26(20-24)47-37-35(56(2)3)32(14-15-45-37)55-31-13-10-27(22-30(31)41)48-38(54)29-23-46-51(36(29)39(42,43)44)28-11-8-25(40)9-12-28/h4-15,20,22-23H,1,16-19,21H2,2-3H3,(H,45,47)(H,48,54). The highest BCUT2D eigenvalue weighted by Gasteiger charge is 2.40. The summed E-state index contributed by atoms with van der Waals surface area (Å²) in [5.74, 6) is -2.44. The number of hydrogen-bond donors (Lipinski definition) is 2. The van der Waals surface area contributed by atoms with Crippen LogP contribution in [0.5, 0.6) is 11.5 Å². The van der Waals surface area contributed by atoms with Crippen molar-refractivity contribution in [2.24, 2.45) is 0 Å². The summed E-state index contributed by atoms with van der Waals surface area (Å²) in [5.41, 5.74) is -1.05. The Morgan fingerprint density at radius 2 is 1.62 bits per heavy atom. The number of pyridine rings is 1. The number of anilines is 3. The summed E-state index contributed by atoms with van der Waals surface area (Å²) in [5, 5.41) is 9.95. The van der Waals surface area contributed by atoms with Gasteiger partial charge in [-0.2, -0.15) is 18.3 Å². The molecule has 3 heterocycles. The number of rotatable bonds is 11. The van der Waals surface area contributed by atoms with Gasteiger partial charge in [0, 0.05) is 49.8 Å². The molecule has 0 aliphatic carbocycles. The first-order valence-electron chi connectivity index (χ1n) is 17.1. The van der Waals surface area contributed by atoms with Crippen LogP contribution in [0.25, 0.3) is 5.69 Å². The lowest BCUT2D eigenvalue weighted by atomic mass is 10.1. The molecular formula is C39H35F5N7O4P. The molecule has 6 rings (SSSR count). The number of aromatic nitrogens is 3. The van der Waals surface area contributed by atoms with Gasteiger partial charge in [-0.15, -0.1) is 0 Å². The topological polar surface area (TPSA) is 122 Å². The molecule has 2 aromatic heterocycles. The fourth-order valence-electron chi connectivity index (χ4n) is 6.07. The molecule has 3 aromatic carbocycles. The van der Waals surface area contributed by atoms with E-state index in [4.69, 9.17) is 4.74 Å². The summed E-state index contributed by atoms with van der Waals surface area (Å²) in [4.78, 5) is 45.9. The average molecular weight is 792 g/mol. The first kappa shape index (κ1) is 39.5. The average Bonchev–Trinajstić information content (AvgIpc) is 3.63. The van der Waals surface area contributed by atoms with E-state index in [1.807, 2.05) is 37.6 Å². The fraction of sp³-hybridized carbons (Fsp3) is 0.205. The van der Waals surface area contributed by atoms with Gasteiger partial charge in [-0.05, 0) is 79.6 Å². The van der Waals surface area contributed by atoms with Gasteiger partial charge in [-0.1, -0.05) is 26.6 Å². The highest BCUT2D eigenvalue weighted by molar-refractivity contribution is 7.64. The Labute approximate surface area is 319 Å². The Morgan fingerprint density at radius 3 is 2.29 bits per heavy atom. The van der Waals surface area contributed by atoms with E-state index in [2.05, 4.69) is 27.3 Å². The smallest absolute Gasteiger partial charge is 0.434 e. The normalized spacial score (nSPS) is 13.1. The first-order chi connectivity index (χ1) is 26.7. The molecule has 56 heavy (non-hydrogen) atoms. The van der Waals surface area contributed by atoms with Gasteiger partial charge in [-0.3, -0.25) is 14.4 Å². The SMILES string of the molecule is C=CC(=O)N1CCN(C(=O)Cc2cccc(Nc3nccc(Oc4ccc(NC(=O)c5cnn(-c6ccc(F)cc6)c5C(F)(F)F)cc4F)c3P(C)C)c2)CC1. The number of alkyl halides is 3. The minimum absolute atomic E-state index is 0.0654. The molecule has 1 aliphatic rings. The monoisotopic (exact) mass is 791 g/mol. The van der Waals surface area contributed by atoms with Crippen LogP contribution in [0.4, 0.5) is 39.1 Å². The Kier molecular flexibility index (Phi) is 11.8. The lowest BCUT2D eigenvalue weighted by molar-refractivity contribution is -0.143. The Bertz CT molecular complexity index is 2270. The number of nitrogens with one attached hydrogen (secondary N) is 2. The van der Waals surface area contributed by atoms with E-state index in [0.717, 1.165) is 42.1 Å². The van der Waals surface area contributed by atoms with Gasteiger partial charge in [0.15, 0.2) is 17.3 Å². The van der Waals surface area contributed by atoms with Crippen molar-refractivity contribution in [3.05, 3.63) is 126 Å². The maximum Gasteiger partial charge on any atom is 0.434 e. The maximum atomic E-state index is 15.5. The molecule has 0 spiro atoms. The number of nitrogens with zero attached hydrogens (tertiary/aromatic N) is 5. The highest BCUT2D eigenvalue weighted by atomic mass is 31.1. The van der Waals surface area contributed by atoms with E-state index in [-0.39, 0.29) is 35.4 Å². The molecule has 290 valence electrons. The number of carbonyl (C=O) groups is 3. The molecule has 0 atom stereocenters. The van der Waals surface area contributed by atoms with Gasteiger partial charge in [0.05, 0.1) is 29.2 Å². The maximum absolute atomic E-state index is 15.5. The number of carbonyl (C=O) groups excluding carboxylic acids is 3. The lowest BCUT2D eigenvalue weighted by Gasteiger charge is -2.34. The van der Waals surface area contributed by atoms with Crippen molar-refractivity contribution >= 4 is 48.1 Å². The molecule has 0 radical (unpaired) electrons. The van der Waals surface area contributed by atoms with Crippen molar-refractivity contribution in [2.75, 3.05) is 50.1 Å². The van der Waals surface area contributed by atoms with Crippen LogP contribution in [0, 0.1) is 11.6 Å². The molecular weight excluding hydrogens is 756 g/mol. The van der Waals surface area contributed by atoms with Crippen molar-refractivity contribution in [2.45, 2.75) is 12.6 Å². The highest BCUT2D eigenvalue weighted by Crippen LogP contribution is 2.38. The summed E-state index contributed by atoms with van der Waals surface area (Å²) >= 11 is 0. The number of piperazine rings is 1. The molecule has 11 nitrogen and oxygen atoms in total. The molecule has 0 bridgehead atoms. The van der Waals surface area contributed by atoms with Crippen molar-refractivity contribution in [3.8, 4) is 17.2 Å².